The van der Waals surface area contributed by atoms with Crippen molar-refractivity contribution in [2.24, 2.45) is 0 Å². The third-order valence-corrected chi connectivity index (χ3v) is 3.75. The number of rotatable bonds is 5. The topological polar surface area (TPSA) is 109 Å². The van der Waals surface area contributed by atoms with Crippen LogP contribution in [0.15, 0.2) is 36.5 Å². The molecule has 0 bridgehead atoms. The van der Waals surface area contributed by atoms with E-state index in [-0.39, 0.29) is 23.5 Å². The molecule has 2 aromatic rings. The number of aromatic nitrogens is 1. The molecule has 0 aliphatic rings. The number of aliphatic carboxylic acids is 1. The Morgan fingerprint density at radius 2 is 1.89 bits per heavy atom. The molecule has 7 nitrogen and oxygen atoms in total. The lowest BCUT2D eigenvalue weighted by Gasteiger charge is -2.18. The van der Waals surface area contributed by atoms with Crippen LogP contribution in [-0.2, 0) is 10.2 Å². The molecule has 28 heavy (non-hydrogen) atoms. The van der Waals surface area contributed by atoms with Crippen molar-refractivity contribution in [2.75, 3.05) is 13.2 Å². The molecule has 7 heteroatoms. The molecule has 0 saturated heterocycles. The second-order valence-corrected chi connectivity index (χ2v) is 7.03. The standard InChI is InChI=1S/C21H22N2O5/c1-21(2,3)15-6-8-16(9-7-15)28-10-4-5-14-11-17(24)19(22-12-14)20(27)23-13-18(25)26/h6-9,11-12,24H,10,13H2,1-3H3,(H,23,27)(H,25,26). The first-order valence-corrected chi connectivity index (χ1v) is 8.58. The van der Waals surface area contributed by atoms with E-state index in [4.69, 9.17) is 9.84 Å². The van der Waals surface area contributed by atoms with Gasteiger partial charge < -0.3 is 20.3 Å². The molecule has 0 atom stereocenters. The largest absolute Gasteiger partial charge is 0.505 e. The van der Waals surface area contributed by atoms with Crippen molar-refractivity contribution in [1.29, 1.82) is 0 Å². The summed E-state index contributed by atoms with van der Waals surface area (Å²) in [7, 11) is 0. The van der Waals surface area contributed by atoms with Gasteiger partial charge in [0, 0.05) is 11.8 Å². The monoisotopic (exact) mass is 382 g/mol. The molecular formula is C21H22N2O5. The van der Waals surface area contributed by atoms with E-state index in [1.807, 2.05) is 24.3 Å². The van der Waals surface area contributed by atoms with Gasteiger partial charge in [-0.3, -0.25) is 9.59 Å². The molecule has 1 aromatic carbocycles. The van der Waals surface area contributed by atoms with Gasteiger partial charge in [-0.15, -0.1) is 0 Å². The van der Waals surface area contributed by atoms with Gasteiger partial charge >= 0.3 is 5.97 Å². The summed E-state index contributed by atoms with van der Waals surface area (Å²) in [6.45, 7) is 6.00. The quantitative estimate of drug-likeness (QED) is 0.685. The number of hydrogen-bond donors (Lipinski definition) is 3. The Labute approximate surface area is 163 Å². The Kier molecular flexibility index (Phi) is 6.61. The van der Waals surface area contributed by atoms with Gasteiger partial charge in [0.05, 0.1) is 0 Å². The van der Waals surface area contributed by atoms with Crippen LogP contribution in [0, 0.1) is 11.8 Å². The molecule has 3 N–H and O–H groups in total. The van der Waals surface area contributed by atoms with E-state index in [1.165, 1.54) is 17.8 Å². The summed E-state index contributed by atoms with van der Waals surface area (Å²) in [5, 5.41) is 20.6. The van der Waals surface area contributed by atoms with Gasteiger partial charge in [0.2, 0.25) is 0 Å². The SMILES string of the molecule is CC(C)(C)c1ccc(OCC#Cc2cnc(C(=O)NCC(=O)O)c(O)c2)cc1. The summed E-state index contributed by atoms with van der Waals surface area (Å²) in [5.41, 5.74) is 1.42. The fourth-order valence-electron chi connectivity index (χ4n) is 2.24. The van der Waals surface area contributed by atoms with Crippen molar-refractivity contribution >= 4 is 11.9 Å². The summed E-state index contributed by atoms with van der Waals surface area (Å²) >= 11 is 0. The van der Waals surface area contributed by atoms with Gasteiger partial charge in [-0.2, -0.15) is 0 Å². The fourth-order valence-corrected chi connectivity index (χ4v) is 2.24. The van der Waals surface area contributed by atoms with E-state index < -0.39 is 18.4 Å². The first kappa shape index (κ1) is 20.8. The van der Waals surface area contributed by atoms with Crippen LogP contribution in [0.2, 0.25) is 0 Å². The summed E-state index contributed by atoms with van der Waals surface area (Å²) in [5.74, 6) is 3.95. The highest BCUT2D eigenvalue weighted by Gasteiger charge is 2.14. The maximum atomic E-state index is 11.7. The number of aromatic hydroxyl groups is 1. The summed E-state index contributed by atoms with van der Waals surface area (Å²) < 4.78 is 5.57. The number of pyridine rings is 1. The van der Waals surface area contributed by atoms with Crippen molar-refractivity contribution in [3.63, 3.8) is 0 Å². The molecule has 2 rings (SSSR count). The number of carbonyl (C=O) groups is 2. The molecule has 0 saturated carbocycles. The molecule has 146 valence electrons. The number of carboxylic acids is 1. The fraction of sp³-hybridized carbons (Fsp3) is 0.286. The van der Waals surface area contributed by atoms with E-state index in [0.29, 0.717) is 11.3 Å². The van der Waals surface area contributed by atoms with Crippen LogP contribution in [0.3, 0.4) is 0 Å². The minimum absolute atomic E-state index is 0.0734. The third-order valence-electron chi connectivity index (χ3n) is 3.75. The van der Waals surface area contributed by atoms with Gasteiger partial charge in [0.25, 0.3) is 5.91 Å². The van der Waals surface area contributed by atoms with Crippen LogP contribution in [0.4, 0.5) is 0 Å². The van der Waals surface area contributed by atoms with E-state index >= 15 is 0 Å². The smallest absolute Gasteiger partial charge is 0.322 e. The Morgan fingerprint density at radius 3 is 2.46 bits per heavy atom. The van der Waals surface area contributed by atoms with Crippen LogP contribution < -0.4 is 10.1 Å². The number of benzene rings is 1. The summed E-state index contributed by atoms with van der Waals surface area (Å²) in [6.07, 6.45) is 1.32. The van der Waals surface area contributed by atoms with Crippen LogP contribution in [0.5, 0.6) is 11.5 Å². The second-order valence-electron chi connectivity index (χ2n) is 7.03. The zero-order valence-corrected chi connectivity index (χ0v) is 15.9. The van der Waals surface area contributed by atoms with Gasteiger partial charge in [0.15, 0.2) is 5.69 Å². The number of ether oxygens (including phenoxy) is 1. The number of nitrogens with zero attached hydrogens (tertiary/aromatic N) is 1. The van der Waals surface area contributed by atoms with E-state index in [9.17, 15) is 14.7 Å². The van der Waals surface area contributed by atoms with Crippen LogP contribution >= 0.6 is 0 Å². The molecule has 0 spiro atoms. The van der Waals surface area contributed by atoms with Crippen LogP contribution in [0.1, 0.15) is 42.4 Å². The normalized spacial score (nSPS) is 10.5. The van der Waals surface area contributed by atoms with Gasteiger partial charge in [-0.25, -0.2) is 4.98 Å². The van der Waals surface area contributed by atoms with Crippen LogP contribution in [0.25, 0.3) is 0 Å². The number of hydrogen-bond acceptors (Lipinski definition) is 5. The number of carboxylic acid groups (broad SMARTS) is 1. The summed E-state index contributed by atoms with van der Waals surface area (Å²) in [6, 6.07) is 9.09. The highest BCUT2D eigenvalue weighted by molar-refractivity contribution is 5.96. The molecule has 0 unspecified atom stereocenters. The van der Waals surface area contributed by atoms with Crippen molar-refractivity contribution in [2.45, 2.75) is 26.2 Å². The van der Waals surface area contributed by atoms with Crippen molar-refractivity contribution < 1.29 is 24.5 Å². The lowest BCUT2D eigenvalue weighted by atomic mass is 9.87. The number of amides is 1. The van der Waals surface area contributed by atoms with Crippen molar-refractivity contribution in [1.82, 2.24) is 10.3 Å². The highest BCUT2D eigenvalue weighted by Crippen LogP contribution is 2.24. The molecule has 1 heterocycles. The maximum absolute atomic E-state index is 11.7. The molecule has 0 aliphatic heterocycles. The van der Waals surface area contributed by atoms with Crippen LogP contribution in [-0.4, -0.2) is 40.2 Å². The molecule has 1 amide bonds. The van der Waals surface area contributed by atoms with Gasteiger partial charge in [-0.1, -0.05) is 44.7 Å². The van der Waals surface area contributed by atoms with Gasteiger partial charge in [0.1, 0.15) is 24.7 Å². The minimum atomic E-state index is -1.19. The first-order chi connectivity index (χ1) is 13.2. The molecule has 0 radical (unpaired) electrons. The zero-order chi connectivity index (χ0) is 20.7. The predicted octanol–water partition coefficient (Wildman–Crippen LogP) is 2.33. The Morgan fingerprint density at radius 1 is 1.21 bits per heavy atom. The average molecular weight is 382 g/mol. The lowest BCUT2D eigenvalue weighted by Crippen LogP contribution is -2.29. The Hall–Kier alpha value is -3.53. The van der Waals surface area contributed by atoms with Crippen molar-refractivity contribution in [3.05, 3.63) is 53.3 Å². The van der Waals surface area contributed by atoms with Gasteiger partial charge in [-0.05, 0) is 29.2 Å². The van der Waals surface area contributed by atoms with E-state index in [2.05, 4.69) is 42.9 Å². The Balaban J connectivity index is 1.94. The molecular weight excluding hydrogens is 360 g/mol. The maximum Gasteiger partial charge on any atom is 0.322 e. The Bertz CT molecular complexity index is 919. The lowest BCUT2D eigenvalue weighted by molar-refractivity contribution is -0.135. The zero-order valence-electron chi connectivity index (χ0n) is 15.9. The summed E-state index contributed by atoms with van der Waals surface area (Å²) in [4.78, 5) is 26.0. The number of nitrogens with one attached hydrogen (secondary N) is 1. The van der Waals surface area contributed by atoms with E-state index in [1.54, 1.807) is 0 Å². The molecule has 0 fully saturated rings. The molecule has 0 aliphatic carbocycles. The average Bonchev–Trinajstić information content (AvgIpc) is 2.63. The first-order valence-electron chi connectivity index (χ1n) is 8.58. The number of carbonyl (C=O) groups excluding carboxylic acids is 1. The van der Waals surface area contributed by atoms with Crippen molar-refractivity contribution in [3.8, 4) is 23.3 Å². The van der Waals surface area contributed by atoms with E-state index in [0.717, 1.165) is 0 Å². The highest BCUT2D eigenvalue weighted by atomic mass is 16.5. The predicted molar refractivity (Wildman–Crippen MR) is 103 cm³/mol. The molecule has 1 aromatic heterocycles. The minimum Gasteiger partial charge on any atom is -0.505 e. The third kappa shape index (κ3) is 6.02. The second kappa shape index (κ2) is 8.91.